The van der Waals surface area contributed by atoms with E-state index in [1.165, 1.54) is 15.6 Å². The van der Waals surface area contributed by atoms with Gasteiger partial charge in [-0.05, 0) is 25.7 Å². The summed E-state index contributed by atoms with van der Waals surface area (Å²) in [4.78, 5) is 14.5. The molecule has 21 heavy (non-hydrogen) atoms. The van der Waals surface area contributed by atoms with Gasteiger partial charge in [0.25, 0.3) is 0 Å². The lowest BCUT2D eigenvalue weighted by atomic mass is 10.00. The lowest BCUT2D eigenvalue weighted by Gasteiger charge is -2.10. The van der Waals surface area contributed by atoms with Crippen LogP contribution in [0.3, 0.4) is 0 Å². The number of aromatic nitrogens is 3. The van der Waals surface area contributed by atoms with Crippen LogP contribution in [-0.4, -0.2) is 22.1 Å². The third-order valence-corrected chi connectivity index (χ3v) is 4.91. The van der Waals surface area contributed by atoms with Gasteiger partial charge < -0.3 is 4.74 Å². The average Bonchev–Trinajstić information content (AvgIpc) is 2.86. The van der Waals surface area contributed by atoms with Crippen molar-refractivity contribution >= 4 is 11.3 Å². The molecule has 0 aliphatic heterocycles. The number of rotatable bonds is 6. The van der Waals surface area contributed by atoms with E-state index in [9.17, 15) is 0 Å². The molecular formula is C16H23N3OS. The molecule has 0 amide bonds. The number of aryl methyl sites for hydroxylation is 2. The molecule has 2 rings (SSSR count). The van der Waals surface area contributed by atoms with Gasteiger partial charge in [0.15, 0.2) is 0 Å². The molecule has 2 aromatic heterocycles. The summed E-state index contributed by atoms with van der Waals surface area (Å²) in [5, 5.41) is 1.24. The van der Waals surface area contributed by atoms with E-state index in [-0.39, 0.29) is 0 Å². The number of hydrogen-bond acceptors (Lipinski definition) is 5. The largest absolute Gasteiger partial charge is 0.481 e. The highest BCUT2D eigenvalue weighted by Gasteiger charge is 2.14. The quantitative estimate of drug-likeness (QED) is 0.806. The molecular weight excluding hydrogens is 282 g/mol. The zero-order valence-corrected chi connectivity index (χ0v) is 14.2. The fraction of sp³-hybridized carbons (Fsp3) is 0.562. The summed E-state index contributed by atoms with van der Waals surface area (Å²) in [6, 6.07) is 1.91. The van der Waals surface area contributed by atoms with Gasteiger partial charge in [-0.1, -0.05) is 20.8 Å². The maximum Gasteiger partial charge on any atom is 0.216 e. The van der Waals surface area contributed by atoms with Gasteiger partial charge in [0, 0.05) is 16.9 Å². The monoisotopic (exact) mass is 305 g/mol. The highest BCUT2D eigenvalue weighted by molar-refractivity contribution is 7.11. The standard InChI is InChI=1S/C16H23N3OS/c1-10(2)16-19-13(12(4)21-16)7-6-11(3)14-8-15(20-5)18-9-17-14/h8-11H,6-7H2,1-5H3. The van der Waals surface area contributed by atoms with E-state index in [0.29, 0.717) is 17.7 Å². The van der Waals surface area contributed by atoms with Crippen LogP contribution in [0.15, 0.2) is 12.4 Å². The fourth-order valence-corrected chi connectivity index (χ4v) is 3.14. The number of thiazole rings is 1. The Hall–Kier alpha value is -1.49. The van der Waals surface area contributed by atoms with E-state index in [1.54, 1.807) is 13.4 Å². The lowest BCUT2D eigenvalue weighted by Crippen LogP contribution is -2.02. The minimum absolute atomic E-state index is 0.366. The molecule has 1 unspecified atom stereocenters. The van der Waals surface area contributed by atoms with Crippen LogP contribution in [0.5, 0.6) is 5.88 Å². The summed E-state index contributed by atoms with van der Waals surface area (Å²) in [5.41, 5.74) is 2.26. The SMILES string of the molecule is COc1cc(C(C)CCc2nc(C(C)C)sc2C)ncn1. The van der Waals surface area contributed by atoms with Crippen LogP contribution >= 0.6 is 11.3 Å². The molecule has 0 saturated heterocycles. The average molecular weight is 305 g/mol. The van der Waals surface area contributed by atoms with Gasteiger partial charge in [0.1, 0.15) is 6.33 Å². The molecule has 1 atom stereocenters. The lowest BCUT2D eigenvalue weighted by molar-refractivity contribution is 0.395. The smallest absolute Gasteiger partial charge is 0.216 e. The summed E-state index contributed by atoms with van der Waals surface area (Å²) >= 11 is 1.82. The molecule has 0 aliphatic rings. The van der Waals surface area contributed by atoms with Crippen LogP contribution < -0.4 is 4.74 Å². The topological polar surface area (TPSA) is 47.9 Å². The van der Waals surface area contributed by atoms with Crippen molar-refractivity contribution in [2.75, 3.05) is 7.11 Å². The number of ether oxygens (including phenoxy) is 1. The van der Waals surface area contributed by atoms with Gasteiger partial charge in [-0.3, -0.25) is 0 Å². The normalized spacial score (nSPS) is 12.7. The minimum atomic E-state index is 0.366. The Morgan fingerprint density at radius 1 is 1.24 bits per heavy atom. The molecule has 5 heteroatoms. The third-order valence-electron chi connectivity index (χ3n) is 3.59. The summed E-state index contributed by atoms with van der Waals surface area (Å²) in [6.45, 7) is 8.74. The zero-order valence-electron chi connectivity index (χ0n) is 13.4. The Morgan fingerprint density at radius 2 is 2.00 bits per heavy atom. The van der Waals surface area contributed by atoms with Gasteiger partial charge in [-0.2, -0.15) is 0 Å². The summed E-state index contributed by atoms with van der Waals surface area (Å²) in [5.74, 6) is 1.50. The molecule has 0 bridgehead atoms. The van der Waals surface area contributed by atoms with Crippen molar-refractivity contribution in [2.45, 2.75) is 52.4 Å². The Bertz CT molecular complexity index is 595. The molecule has 0 aromatic carbocycles. The second-order valence-corrected chi connectivity index (χ2v) is 6.87. The maximum absolute atomic E-state index is 5.15. The van der Waals surface area contributed by atoms with Crippen molar-refractivity contribution in [3.05, 3.63) is 33.7 Å². The van der Waals surface area contributed by atoms with Gasteiger partial charge in [0.05, 0.1) is 23.5 Å². The first-order valence-electron chi connectivity index (χ1n) is 7.33. The van der Waals surface area contributed by atoms with Crippen LogP contribution in [-0.2, 0) is 6.42 Å². The Kier molecular flexibility index (Phi) is 5.28. The van der Waals surface area contributed by atoms with Crippen molar-refractivity contribution in [2.24, 2.45) is 0 Å². The first-order valence-corrected chi connectivity index (χ1v) is 8.15. The predicted octanol–water partition coefficient (Wildman–Crippen LogP) is 4.11. The van der Waals surface area contributed by atoms with Gasteiger partial charge in [0.2, 0.25) is 5.88 Å². The summed E-state index contributed by atoms with van der Waals surface area (Å²) < 4.78 is 5.15. The maximum atomic E-state index is 5.15. The molecule has 0 fully saturated rings. The van der Waals surface area contributed by atoms with Gasteiger partial charge >= 0.3 is 0 Å². The number of methoxy groups -OCH3 is 1. The van der Waals surface area contributed by atoms with E-state index in [0.717, 1.165) is 18.5 Å². The van der Waals surface area contributed by atoms with Crippen molar-refractivity contribution < 1.29 is 4.74 Å². The van der Waals surface area contributed by atoms with Crippen LogP contribution in [0, 0.1) is 6.92 Å². The van der Waals surface area contributed by atoms with Crippen LogP contribution in [0.4, 0.5) is 0 Å². The van der Waals surface area contributed by atoms with Crippen LogP contribution in [0.1, 0.15) is 60.3 Å². The molecule has 0 N–H and O–H groups in total. The highest BCUT2D eigenvalue weighted by Crippen LogP contribution is 2.27. The van der Waals surface area contributed by atoms with E-state index in [4.69, 9.17) is 9.72 Å². The van der Waals surface area contributed by atoms with Crippen molar-refractivity contribution in [1.29, 1.82) is 0 Å². The molecule has 2 aromatic rings. The van der Waals surface area contributed by atoms with Gasteiger partial charge in [-0.25, -0.2) is 15.0 Å². The molecule has 0 saturated carbocycles. The minimum Gasteiger partial charge on any atom is -0.481 e. The second kappa shape index (κ2) is 6.98. The van der Waals surface area contributed by atoms with Crippen molar-refractivity contribution in [1.82, 2.24) is 15.0 Å². The fourth-order valence-electron chi connectivity index (χ4n) is 2.16. The zero-order chi connectivity index (χ0) is 15.4. The Balaban J connectivity index is 2.01. The Morgan fingerprint density at radius 3 is 2.62 bits per heavy atom. The van der Waals surface area contributed by atoms with E-state index in [2.05, 4.69) is 37.7 Å². The van der Waals surface area contributed by atoms with Gasteiger partial charge in [-0.15, -0.1) is 11.3 Å². The first-order chi connectivity index (χ1) is 10.0. The second-order valence-electron chi connectivity index (χ2n) is 5.63. The molecule has 0 aliphatic carbocycles. The highest BCUT2D eigenvalue weighted by atomic mass is 32.1. The molecule has 0 radical (unpaired) electrons. The number of hydrogen-bond donors (Lipinski definition) is 0. The molecule has 114 valence electrons. The van der Waals surface area contributed by atoms with Crippen molar-refractivity contribution in [3.8, 4) is 5.88 Å². The van der Waals surface area contributed by atoms with E-state index >= 15 is 0 Å². The van der Waals surface area contributed by atoms with Crippen molar-refractivity contribution in [3.63, 3.8) is 0 Å². The van der Waals surface area contributed by atoms with E-state index < -0.39 is 0 Å². The Labute approximate surface area is 130 Å². The molecule has 2 heterocycles. The van der Waals surface area contributed by atoms with Crippen LogP contribution in [0.25, 0.3) is 0 Å². The predicted molar refractivity (Wildman–Crippen MR) is 86.3 cm³/mol. The molecule has 4 nitrogen and oxygen atoms in total. The number of nitrogens with zero attached hydrogens (tertiary/aromatic N) is 3. The third kappa shape index (κ3) is 4.00. The summed E-state index contributed by atoms with van der Waals surface area (Å²) in [7, 11) is 1.63. The van der Waals surface area contributed by atoms with Crippen LogP contribution in [0.2, 0.25) is 0 Å². The first kappa shape index (κ1) is 15.9. The van der Waals surface area contributed by atoms with E-state index in [1.807, 2.05) is 17.4 Å². The molecule has 0 spiro atoms. The summed E-state index contributed by atoms with van der Waals surface area (Å²) in [6.07, 6.45) is 3.58.